The van der Waals surface area contributed by atoms with Crippen molar-refractivity contribution in [2.75, 3.05) is 13.7 Å². The Labute approximate surface area is 105 Å². The molecule has 0 spiro atoms. The molecule has 0 saturated heterocycles. The molecule has 1 rings (SSSR count). The Morgan fingerprint density at radius 1 is 1.12 bits per heavy atom. The number of rotatable bonds is 7. The van der Waals surface area contributed by atoms with Crippen LogP contribution in [0, 0.1) is 5.92 Å². The van der Waals surface area contributed by atoms with E-state index in [1.54, 1.807) is 0 Å². The summed E-state index contributed by atoms with van der Waals surface area (Å²) in [6.07, 6.45) is 2.17. The van der Waals surface area contributed by atoms with E-state index in [0.717, 1.165) is 25.2 Å². The predicted octanol–water partition coefficient (Wildman–Crippen LogP) is 3.26. The Kier molecular flexibility index (Phi) is 6.06. The van der Waals surface area contributed by atoms with Crippen molar-refractivity contribution >= 4 is 0 Å². The van der Waals surface area contributed by atoms with E-state index < -0.39 is 0 Å². The maximum atomic E-state index is 5.69. The van der Waals surface area contributed by atoms with Crippen LogP contribution in [0.15, 0.2) is 24.3 Å². The first kappa shape index (κ1) is 14.0. The molecule has 0 heterocycles. The smallest absolute Gasteiger partial charge is 0.119 e. The van der Waals surface area contributed by atoms with Crippen LogP contribution in [0.1, 0.15) is 32.8 Å². The molecular formula is C15H25NO. The molecule has 0 fully saturated rings. The number of benzene rings is 1. The molecule has 0 aromatic heterocycles. The molecule has 0 aliphatic rings. The van der Waals surface area contributed by atoms with Crippen molar-refractivity contribution in [3.05, 3.63) is 29.8 Å². The molecule has 0 aliphatic carbocycles. The van der Waals surface area contributed by atoms with Gasteiger partial charge in [0.05, 0.1) is 6.61 Å². The summed E-state index contributed by atoms with van der Waals surface area (Å²) in [5.41, 5.74) is 1.35. The lowest BCUT2D eigenvalue weighted by molar-refractivity contribution is 0.289. The molecule has 17 heavy (non-hydrogen) atoms. The van der Waals surface area contributed by atoms with Crippen LogP contribution >= 0.6 is 0 Å². The van der Waals surface area contributed by atoms with Gasteiger partial charge in [0.25, 0.3) is 0 Å². The Morgan fingerprint density at radius 2 is 1.76 bits per heavy atom. The van der Waals surface area contributed by atoms with E-state index in [9.17, 15) is 0 Å². The molecule has 0 amide bonds. The summed E-state index contributed by atoms with van der Waals surface area (Å²) in [4.78, 5) is 0. The van der Waals surface area contributed by atoms with Gasteiger partial charge in [-0.2, -0.15) is 0 Å². The second kappa shape index (κ2) is 7.33. The third kappa shape index (κ3) is 5.73. The topological polar surface area (TPSA) is 21.3 Å². The van der Waals surface area contributed by atoms with Crippen LogP contribution in [0.2, 0.25) is 0 Å². The molecule has 0 aliphatic heterocycles. The molecular weight excluding hydrogens is 210 g/mol. The first-order valence-electron chi connectivity index (χ1n) is 6.50. The molecule has 0 radical (unpaired) electrons. The lowest BCUT2D eigenvalue weighted by Crippen LogP contribution is -2.23. The van der Waals surface area contributed by atoms with Crippen molar-refractivity contribution in [2.24, 2.45) is 5.92 Å². The van der Waals surface area contributed by atoms with Gasteiger partial charge in [0.15, 0.2) is 0 Å². The SMILES string of the molecule is CNC(C)Cc1ccc(OCCC(C)C)cc1. The molecule has 1 aromatic rings. The highest BCUT2D eigenvalue weighted by Gasteiger charge is 2.01. The fourth-order valence-electron chi connectivity index (χ4n) is 1.59. The minimum absolute atomic E-state index is 0.516. The van der Waals surface area contributed by atoms with Crippen molar-refractivity contribution in [3.63, 3.8) is 0 Å². The quantitative estimate of drug-likeness (QED) is 0.783. The lowest BCUT2D eigenvalue weighted by Gasteiger charge is -2.11. The average molecular weight is 235 g/mol. The second-order valence-corrected chi connectivity index (χ2v) is 5.07. The Balaban J connectivity index is 2.39. The first-order valence-corrected chi connectivity index (χ1v) is 6.50. The lowest BCUT2D eigenvalue weighted by atomic mass is 10.1. The molecule has 2 heteroatoms. The maximum absolute atomic E-state index is 5.69. The zero-order valence-corrected chi connectivity index (χ0v) is 11.5. The fourth-order valence-corrected chi connectivity index (χ4v) is 1.59. The highest BCUT2D eigenvalue weighted by molar-refractivity contribution is 5.27. The van der Waals surface area contributed by atoms with E-state index in [0.29, 0.717) is 12.0 Å². The summed E-state index contributed by atoms with van der Waals surface area (Å²) in [5, 5.41) is 3.24. The molecule has 1 unspecified atom stereocenters. The molecule has 1 N–H and O–H groups in total. The molecule has 0 saturated carbocycles. The van der Waals surface area contributed by atoms with Gasteiger partial charge < -0.3 is 10.1 Å². The number of hydrogen-bond donors (Lipinski definition) is 1. The molecule has 0 bridgehead atoms. The van der Waals surface area contributed by atoms with Gasteiger partial charge in [-0.15, -0.1) is 0 Å². The third-order valence-corrected chi connectivity index (χ3v) is 2.92. The van der Waals surface area contributed by atoms with Gasteiger partial charge in [-0.25, -0.2) is 0 Å². The standard InChI is InChI=1S/C15H25NO/c1-12(2)9-10-17-15-7-5-14(6-8-15)11-13(3)16-4/h5-8,12-13,16H,9-11H2,1-4H3. The minimum Gasteiger partial charge on any atom is -0.494 e. The van der Waals surface area contributed by atoms with Crippen LogP contribution in [0.3, 0.4) is 0 Å². The van der Waals surface area contributed by atoms with Crippen LogP contribution in [0.5, 0.6) is 5.75 Å². The van der Waals surface area contributed by atoms with Gasteiger partial charge in [-0.3, -0.25) is 0 Å². The zero-order chi connectivity index (χ0) is 12.7. The minimum atomic E-state index is 0.516. The molecule has 96 valence electrons. The predicted molar refractivity (Wildman–Crippen MR) is 73.6 cm³/mol. The zero-order valence-electron chi connectivity index (χ0n) is 11.5. The highest BCUT2D eigenvalue weighted by Crippen LogP contribution is 2.14. The number of nitrogens with one attached hydrogen (secondary N) is 1. The van der Waals surface area contributed by atoms with Gasteiger partial charge in [-0.05, 0) is 50.4 Å². The van der Waals surface area contributed by atoms with E-state index in [4.69, 9.17) is 4.74 Å². The summed E-state index contributed by atoms with van der Waals surface area (Å²) in [6, 6.07) is 8.95. The third-order valence-electron chi connectivity index (χ3n) is 2.92. The average Bonchev–Trinajstić information content (AvgIpc) is 2.31. The summed E-state index contributed by atoms with van der Waals surface area (Å²) in [5.74, 6) is 1.68. The van der Waals surface area contributed by atoms with Gasteiger partial charge in [0.1, 0.15) is 5.75 Å². The summed E-state index contributed by atoms with van der Waals surface area (Å²) in [6.45, 7) is 7.42. The fraction of sp³-hybridized carbons (Fsp3) is 0.600. The van der Waals surface area contributed by atoms with Crippen molar-refractivity contribution < 1.29 is 4.74 Å². The van der Waals surface area contributed by atoms with E-state index in [-0.39, 0.29) is 0 Å². The molecule has 2 nitrogen and oxygen atoms in total. The van der Waals surface area contributed by atoms with Crippen LogP contribution in [-0.4, -0.2) is 19.7 Å². The number of ether oxygens (including phenoxy) is 1. The molecule has 1 aromatic carbocycles. The Morgan fingerprint density at radius 3 is 2.29 bits per heavy atom. The highest BCUT2D eigenvalue weighted by atomic mass is 16.5. The largest absolute Gasteiger partial charge is 0.494 e. The first-order chi connectivity index (χ1) is 8.11. The van der Waals surface area contributed by atoms with Gasteiger partial charge in [-0.1, -0.05) is 26.0 Å². The Bertz CT molecular complexity index is 305. The second-order valence-electron chi connectivity index (χ2n) is 5.07. The van der Waals surface area contributed by atoms with E-state index in [2.05, 4.69) is 50.4 Å². The van der Waals surface area contributed by atoms with Gasteiger partial charge in [0.2, 0.25) is 0 Å². The van der Waals surface area contributed by atoms with Crippen LogP contribution in [-0.2, 0) is 6.42 Å². The van der Waals surface area contributed by atoms with Crippen LogP contribution in [0.4, 0.5) is 0 Å². The number of likely N-dealkylation sites (N-methyl/N-ethyl adjacent to an activating group) is 1. The summed E-state index contributed by atoms with van der Waals surface area (Å²) >= 11 is 0. The van der Waals surface area contributed by atoms with Gasteiger partial charge >= 0.3 is 0 Å². The van der Waals surface area contributed by atoms with Crippen molar-refractivity contribution in [1.29, 1.82) is 0 Å². The Hall–Kier alpha value is -1.02. The summed E-state index contributed by atoms with van der Waals surface area (Å²) < 4.78 is 5.69. The van der Waals surface area contributed by atoms with E-state index in [1.165, 1.54) is 5.56 Å². The van der Waals surface area contributed by atoms with Crippen LogP contribution < -0.4 is 10.1 Å². The normalized spacial score (nSPS) is 12.8. The van der Waals surface area contributed by atoms with Crippen molar-refractivity contribution in [1.82, 2.24) is 5.32 Å². The number of hydrogen-bond acceptors (Lipinski definition) is 2. The monoisotopic (exact) mass is 235 g/mol. The summed E-state index contributed by atoms with van der Waals surface area (Å²) in [7, 11) is 1.99. The van der Waals surface area contributed by atoms with Crippen molar-refractivity contribution in [2.45, 2.75) is 39.7 Å². The van der Waals surface area contributed by atoms with Gasteiger partial charge in [0, 0.05) is 6.04 Å². The molecule has 1 atom stereocenters. The van der Waals surface area contributed by atoms with Crippen LogP contribution in [0.25, 0.3) is 0 Å². The maximum Gasteiger partial charge on any atom is 0.119 e. The van der Waals surface area contributed by atoms with Crippen molar-refractivity contribution in [3.8, 4) is 5.75 Å². The van der Waals surface area contributed by atoms with E-state index in [1.807, 2.05) is 7.05 Å². The van der Waals surface area contributed by atoms with E-state index >= 15 is 0 Å².